The van der Waals surface area contributed by atoms with Gasteiger partial charge in [-0.2, -0.15) is 0 Å². The second-order valence-electron chi connectivity index (χ2n) is 4.89. The van der Waals surface area contributed by atoms with E-state index in [9.17, 15) is 9.59 Å². The first-order valence-electron chi connectivity index (χ1n) is 7.51. The standard InChI is InChI=1S/C16H25N3O2/c1-4-8-15(20)17-13-9-7-10-14(11-13)18-16(21)12-19(5-2)6-3/h7,9-11H,4-6,8,12H2,1-3H3,(H,17,20)(H,18,21). The van der Waals surface area contributed by atoms with Gasteiger partial charge in [0, 0.05) is 17.8 Å². The molecule has 1 rings (SSSR count). The van der Waals surface area contributed by atoms with Gasteiger partial charge in [0.05, 0.1) is 6.54 Å². The minimum Gasteiger partial charge on any atom is -0.326 e. The molecule has 0 aliphatic carbocycles. The van der Waals surface area contributed by atoms with Crippen molar-refractivity contribution < 1.29 is 9.59 Å². The fourth-order valence-electron chi connectivity index (χ4n) is 1.98. The lowest BCUT2D eigenvalue weighted by Gasteiger charge is -2.17. The number of nitrogens with zero attached hydrogens (tertiary/aromatic N) is 1. The van der Waals surface area contributed by atoms with Crippen LogP contribution >= 0.6 is 0 Å². The van der Waals surface area contributed by atoms with Crippen molar-refractivity contribution in [2.45, 2.75) is 33.6 Å². The Balaban J connectivity index is 2.59. The molecule has 2 N–H and O–H groups in total. The first kappa shape index (κ1) is 17.2. The molecule has 0 aliphatic rings. The summed E-state index contributed by atoms with van der Waals surface area (Å²) in [7, 11) is 0. The van der Waals surface area contributed by atoms with Gasteiger partial charge < -0.3 is 10.6 Å². The van der Waals surface area contributed by atoms with E-state index in [2.05, 4.69) is 10.6 Å². The summed E-state index contributed by atoms with van der Waals surface area (Å²) in [4.78, 5) is 25.5. The Morgan fingerprint density at radius 2 is 1.57 bits per heavy atom. The van der Waals surface area contributed by atoms with E-state index in [1.54, 1.807) is 6.07 Å². The van der Waals surface area contributed by atoms with Gasteiger partial charge >= 0.3 is 0 Å². The van der Waals surface area contributed by atoms with Crippen molar-refractivity contribution in [3.63, 3.8) is 0 Å². The molecular weight excluding hydrogens is 266 g/mol. The predicted molar refractivity (Wildman–Crippen MR) is 86.4 cm³/mol. The highest BCUT2D eigenvalue weighted by Crippen LogP contribution is 2.15. The van der Waals surface area contributed by atoms with E-state index < -0.39 is 0 Å². The van der Waals surface area contributed by atoms with Crippen LogP contribution in [-0.4, -0.2) is 36.3 Å². The maximum atomic E-state index is 11.9. The number of hydrogen-bond donors (Lipinski definition) is 2. The highest BCUT2D eigenvalue weighted by Gasteiger charge is 2.08. The van der Waals surface area contributed by atoms with Gasteiger partial charge in [-0.1, -0.05) is 26.8 Å². The number of amides is 2. The van der Waals surface area contributed by atoms with Crippen LogP contribution < -0.4 is 10.6 Å². The molecule has 0 aliphatic heterocycles. The van der Waals surface area contributed by atoms with Crippen molar-refractivity contribution in [1.82, 2.24) is 4.90 Å². The van der Waals surface area contributed by atoms with Crippen LogP contribution in [0.1, 0.15) is 33.6 Å². The first-order chi connectivity index (χ1) is 10.1. The molecule has 0 atom stereocenters. The lowest BCUT2D eigenvalue weighted by Crippen LogP contribution is -2.32. The predicted octanol–water partition coefficient (Wildman–Crippen LogP) is 2.71. The number of carbonyl (C=O) groups is 2. The molecule has 1 aromatic rings. The van der Waals surface area contributed by atoms with Crippen molar-refractivity contribution in [2.75, 3.05) is 30.3 Å². The van der Waals surface area contributed by atoms with Crippen LogP contribution in [0.2, 0.25) is 0 Å². The molecule has 5 nitrogen and oxygen atoms in total. The Kier molecular flexibility index (Phi) is 7.46. The lowest BCUT2D eigenvalue weighted by atomic mass is 10.2. The largest absolute Gasteiger partial charge is 0.326 e. The minimum absolute atomic E-state index is 0.0101. The fourth-order valence-corrected chi connectivity index (χ4v) is 1.98. The third kappa shape index (κ3) is 6.40. The van der Waals surface area contributed by atoms with Crippen LogP contribution in [0.15, 0.2) is 24.3 Å². The molecule has 0 fully saturated rings. The summed E-state index contributed by atoms with van der Waals surface area (Å²) in [5.74, 6) is -0.0557. The molecule has 1 aromatic carbocycles. The SMILES string of the molecule is CCCC(=O)Nc1cccc(NC(=O)CN(CC)CC)c1. The normalized spacial score (nSPS) is 10.5. The van der Waals surface area contributed by atoms with Crippen LogP contribution in [-0.2, 0) is 9.59 Å². The van der Waals surface area contributed by atoms with Crippen molar-refractivity contribution in [1.29, 1.82) is 0 Å². The topological polar surface area (TPSA) is 61.4 Å². The van der Waals surface area contributed by atoms with E-state index in [1.165, 1.54) is 0 Å². The molecule has 0 saturated carbocycles. The Morgan fingerprint density at radius 1 is 1.00 bits per heavy atom. The van der Waals surface area contributed by atoms with Crippen LogP contribution in [0.4, 0.5) is 11.4 Å². The van der Waals surface area contributed by atoms with Gasteiger partial charge in [0.25, 0.3) is 0 Å². The average Bonchev–Trinajstić information content (AvgIpc) is 2.45. The molecule has 0 saturated heterocycles. The maximum Gasteiger partial charge on any atom is 0.238 e. The second-order valence-corrected chi connectivity index (χ2v) is 4.89. The molecule has 0 unspecified atom stereocenters. The molecule has 21 heavy (non-hydrogen) atoms. The van der Waals surface area contributed by atoms with Gasteiger partial charge in [-0.05, 0) is 37.7 Å². The summed E-state index contributed by atoms with van der Waals surface area (Å²) in [5.41, 5.74) is 1.40. The fraction of sp³-hybridized carbons (Fsp3) is 0.500. The van der Waals surface area contributed by atoms with Gasteiger partial charge in [-0.3, -0.25) is 14.5 Å². The van der Waals surface area contributed by atoms with E-state index in [0.29, 0.717) is 24.3 Å². The minimum atomic E-state index is -0.0456. The highest BCUT2D eigenvalue weighted by molar-refractivity contribution is 5.94. The van der Waals surface area contributed by atoms with Gasteiger partial charge in [0.15, 0.2) is 0 Å². The van der Waals surface area contributed by atoms with Crippen LogP contribution in [0.25, 0.3) is 0 Å². The summed E-state index contributed by atoms with van der Waals surface area (Å²) < 4.78 is 0. The van der Waals surface area contributed by atoms with Gasteiger partial charge in [0.2, 0.25) is 11.8 Å². The summed E-state index contributed by atoms with van der Waals surface area (Å²) in [6.45, 7) is 8.08. The first-order valence-corrected chi connectivity index (χ1v) is 7.51. The van der Waals surface area contributed by atoms with E-state index >= 15 is 0 Å². The molecular formula is C16H25N3O2. The number of benzene rings is 1. The van der Waals surface area contributed by atoms with Crippen molar-refractivity contribution in [3.8, 4) is 0 Å². The highest BCUT2D eigenvalue weighted by atomic mass is 16.2. The molecule has 0 bridgehead atoms. The zero-order valence-corrected chi connectivity index (χ0v) is 13.1. The van der Waals surface area contributed by atoms with Crippen LogP contribution in [0, 0.1) is 0 Å². The summed E-state index contributed by atoms with van der Waals surface area (Å²) in [6.07, 6.45) is 1.31. The van der Waals surface area contributed by atoms with Crippen molar-refractivity contribution in [2.24, 2.45) is 0 Å². The molecule has 5 heteroatoms. The zero-order valence-electron chi connectivity index (χ0n) is 13.1. The van der Waals surface area contributed by atoms with E-state index in [0.717, 1.165) is 19.5 Å². The number of likely N-dealkylation sites (N-methyl/N-ethyl adjacent to an activating group) is 1. The molecule has 0 spiro atoms. The average molecular weight is 291 g/mol. The number of anilines is 2. The molecule has 0 radical (unpaired) electrons. The Morgan fingerprint density at radius 3 is 2.10 bits per heavy atom. The Labute approximate surface area is 126 Å². The van der Waals surface area contributed by atoms with E-state index in [4.69, 9.17) is 0 Å². The zero-order chi connectivity index (χ0) is 15.7. The van der Waals surface area contributed by atoms with Crippen molar-refractivity contribution >= 4 is 23.2 Å². The third-order valence-electron chi connectivity index (χ3n) is 3.17. The molecule has 0 aromatic heterocycles. The number of rotatable bonds is 8. The lowest BCUT2D eigenvalue weighted by molar-refractivity contribution is -0.117. The van der Waals surface area contributed by atoms with Crippen LogP contribution in [0.3, 0.4) is 0 Å². The summed E-state index contributed by atoms with van der Waals surface area (Å²) >= 11 is 0. The smallest absolute Gasteiger partial charge is 0.238 e. The van der Waals surface area contributed by atoms with E-state index in [1.807, 2.05) is 43.9 Å². The molecule has 0 heterocycles. The number of nitrogens with one attached hydrogen (secondary N) is 2. The summed E-state index contributed by atoms with van der Waals surface area (Å²) in [5, 5.41) is 5.67. The van der Waals surface area contributed by atoms with Gasteiger partial charge in [0.1, 0.15) is 0 Å². The monoisotopic (exact) mass is 291 g/mol. The van der Waals surface area contributed by atoms with Gasteiger partial charge in [-0.25, -0.2) is 0 Å². The van der Waals surface area contributed by atoms with Gasteiger partial charge in [-0.15, -0.1) is 0 Å². The number of carbonyl (C=O) groups excluding carboxylic acids is 2. The Hall–Kier alpha value is -1.88. The Bertz CT molecular complexity index is 470. The van der Waals surface area contributed by atoms with E-state index in [-0.39, 0.29) is 11.8 Å². The molecule has 2 amide bonds. The van der Waals surface area contributed by atoms with Crippen molar-refractivity contribution in [3.05, 3.63) is 24.3 Å². The second kappa shape index (κ2) is 9.13. The quantitative estimate of drug-likeness (QED) is 0.774. The molecule has 116 valence electrons. The summed E-state index contributed by atoms with van der Waals surface area (Å²) in [6, 6.07) is 7.21. The number of hydrogen-bond acceptors (Lipinski definition) is 3. The maximum absolute atomic E-state index is 11.9. The third-order valence-corrected chi connectivity index (χ3v) is 3.17. The van der Waals surface area contributed by atoms with Crippen LogP contribution in [0.5, 0.6) is 0 Å².